The lowest BCUT2D eigenvalue weighted by atomic mass is 10.3. The van der Waals surface area contributed by atoms with Gasteiger partial charge in [0.2, 0.25) is 0 Å². The molecule has 0 spiro atoms. The molecule has 0 aliphatic heterocycles. The Kier molecular flexibility index (Phi) is 6.65. The highest BCUT2D eigenvalue weighted by molar-refractivity contribution is 6.50. The summed E-state index contributed by atoms with van der Waals surface area (Å²) in [6, 6.07) is 14.6. The fourth-order valence-corrected chi connectivity index (χ4v) is 1.66. The highest BCUT2D eigenvalue weighted by atomic mass is 35.5. The van der Waals surface area contributed by atoms with Crippen molar-refractivity contribution in [2.75, 3.05) is 0 Å². The Morgan fingerprint density at radius 2 is 1.19 bits per heavy atom. The second-order valence-corrected chi connectivity index (χ2v) is 4.42. The van der Waals surface area contributed by atoms with E-state index in [9.17, 15) is 17.3 Å². The van der Waals surface area contributed by atoms with Crippen LogP contribution in [0.3, 0.4) is 0 Å². The average Bonchev–Trinajstić information content (AvgIpc) is 2.37. The number of azo groups is 1. The van der Waals surface area contributed by atoms with E-state index in [4.69, 9.17) is 23.2 Å². The molecule has 0 heterocycles. The van der Waals surface area contributed by atoms with Crippen molar-refractivity contribution in [1.82, 2.24) is 0 Å². The van der Waals surface area contributed by atoms with Crippen LogP contribution in [-0.4, -0.2) is 7.25 Å². The van der Waals surface area contributed by atoms with E-state index in [1.807, 2.05) is 30.3 Å². The predicted octanol–water partition coefficient (Wildman–Crippen LogP) is 6.71. The van der Waals surface area contributed by atoms with Crippen LogP contribution in [0, 0.1) is 0 Å². The Morgan fingerprint density at radius 1 is 0.714 bits per heavy atom. The molecule has 2 aromatic rings. The smallest absolute Gasteiger partial charge is 0.418 e. The van der Waals surface area contributed by atoms with Crippen LogP contribution in [0.1, 0.15) is 0 Å². The Balaban J connectivity index is 0.000000383. The third kappa shape index (κ3) is 7.67. The van der Waals surface area contributed by atoms with Gasteiger partial charge in [-0.25, -0.2) is 0 Å². The summed E-state index contributed by atoms with van der Waals surface area (Å²) in [7, 11) is -6.00. The van der Waals surface area contributed by atoms with Crippen molar-refractivity contribution in [2.45, 2.75) is 0 Å². The summed E-state index contributed by atoms with van der Waals surface area (Å²) >= 11 is 11.9. The minimum absolute atomic E-state index is 0.493. The second kappa shape index (κ2) is 8.00. The van der Waals surface area contributed by atoms with Gasteiger partial charge in [-0.1, -0.05) is 47.5 Å². The largest absolute Gasteiger partial charge is 0.673 e. The molecule has 0 aliphatic rings. The van der Waals surface area contributed by atoms with Gasteiger partial charge in [-0.05, 0) is 24.3 Å². The van der Waals surface area contributed by atoms with E-state index < -0.39 is 7.25 Å². The van der Waals surface area contributed by atoms with E-state index in [1.54, 1.807) is 18.2 Å². The summed E-state index contributed by atoms with van der Waals surface area (Å²) in [6.07, 6.45) is 0. The van der Waals surface area contributed by atoms with Crippen molar-refractivity contribution in [3.8, 4) is 0 Å². The van der Waals surface area contributed by atoms with Crippen LogP contribution < -0.4 is 0 Å². The molecule has 0 aromatic heterocycles. The molecule has 0 atom stereocenters. The zero-order valence-corrected chi connectivity index (χ0v) is 11.9. The van der Waals surface area contributed by atoms with Gasteiger partial charge in [-0.2, -0.15) is 5.11 Å². The lowest BCUT2D eigenvalue weighted by molar-refractivity contribution is 0.368. The van der Waals surface area contributed by atoms with Gasteiger partial charge in [0, 0.05) is 0 Å². The molecule has 2 rings (SSSR count). The summed E-state index contributed by atoms with van der Waals surface area (Å²) in [6.45, 7) is 0. The third-order valence-corrected chi connectivity index (χ3v) is 2.57. The lowest BCUT2D eigenvalue weighted by Crippen LogP contribution is -2.02. The molecule has 0 amide bonds. The van der Waals surface area contributed by atoms with Crippen LogP contribution >= 0.6 is 23.2 Å². The van der Waals surface area contributed by atoms with Gasteiger partial charge in [0.05, 0.1) is 15.7 Å². The number of nitrogens with zero attached hydrogens (tertiary/aromatic N) is 2. The highest BCUT2D eigenvalue weighted by Gasteiger charge is 2.20. The molecule has 9 heteroatoms. The predicted molar refractivity (Wildman–Crippen MR) is 77.3 cm³/mol. The Hall–Kier alpha value is -1.60. The fraction of sp³-hybridized carbons (Fsp3) is 0. The van der Waals surface area contributed by atoms with Crippen molar-refractivity contribution in [1.29, 1.82) is 0 Å². The average molecular weight is 338 g/mol. The maximum absolute atomic E-state index is 9.75. The van der Waals surface area contributed by atoms with Crippen LogP contribution in [0.4, 0.5) is 28.6 Å². The van der Waals surface area contributed by atoms with Gasteiger partial charge >= 0.3 is 7.25 Å². The van der Waals surface area contributed by atoms with E-state index in [0.717, 1.165) is 5.69 Å². The molecule has 21 heavy (non-hydrogen) atoms. The molecular weight excluding hydrogens is 330 g/mol. The summed E-state index contributed by atoms with van der Waals surface area (Å²) in [5.41, 5.74) is 1.26. The Labute approximate surface area is 128 Å². The van der Waals surface area contributed by atoms with Gasteiger partial charge in [0.25, 0.3) is 0 Å². The Morgan fingerprint density at radius 3 is 1.67 bits per heavy atom. The van der Waals surface area contributed by atoms with Crippen LogP contribution in [0.25, 0.3) is 0 Å². The molecule has 112 valence electrons. The first-order valence-electron chi connectivity index (χ1n) is 5.55. The number of rotatable bonds is 2. The van der Waals surface area contributed by atoms with E-state index >= 15 is 0 Å². The number of hydrogen-bond donors (Lipinski definition) is 0. The molecule has 0 saturated carbocycles. The first kappa shape index (κ1) is 17.5. The minimum Gasteiger partial charge on any atom is -0.418 e. The van der Waals surface area contributed by atoms with Crippen molar-refractivity contribution in [3.63, 3.8) is 0 Å². The quantitative estimate of drug-likeness (QED) is 0.330. The Bertz CT molecular complexity index is 580. The van der Waals surface area contributed by atoms with Gasteiger partial charge in [-0.3, -0.25) is 0 Å². The molecular formula is C12H8BCl2F4N2-. The molecule has 0 N–H and O–H groups in total. The van der Waals surface area contributed by atoms with E-state index in [1.165, 1.54) is 0 Å². The monoisotopic (exact) mass is 337 g/mol. The van der Waals surface area contributed by atoms with Crippen molar-refractivity contribution < 1.29 is 17.3 Å². The fourth-order valence-electron chi connectivity index (χ4n) is 1.19. The van der Waals surface area contributed by atoms with Gasteiger partial charge in [0.1, 0.15) is 5.69 Å². The SMILES string of the molecule is Clc1cccc(Cl)c1/N=N/c1ccccc1.F[B-](F)(F)F. The maximum atomic E-state index is 9.75. The summed E-state index contributed by atoms with van der Waals surface area (Å²) in [5.74, 6) is 0. The summed E-state index contributed by atoms with van der Waals surface area (Å²) in [5, 5.41) is 9.08. The summed E-state index contributed by atoms with van der Waals surface area (Å²) < 4.78 is 39.0. The van der Waals surface area contributed by atoms with Gasteiger partial charge in [0.15, 0.2) is 0 Å². The van der Waals surface area contributed by atoms with E-state index in [0.29, 0.717) is 15.7 Å². The van der Waals surface area contributed by atoms with Crippen molar-refractivity contribution in [2.24, 2.45) is 10.2 Å². The highest BCUT2D eigenvalue weighted by Crippen LogP contribution is 2.33. The third-order valence-electron chi connectivity index (χ3n) is 1.96. The molecule has 0 fully saturated rings. The van der Waals surface area contributed by atoms with Gasteiger partial charge < -0.3 is 17.3 Å². The van der Waals surface area contributed by atoms with E-state index in [2.05, 4.69) is 10.2 Å². The maximum Gasteiger partial charge on any atom is 0.673 e. The van der Waals surface area contributed by atoms with Crippen LogP contribution in [0.15, 0.2) is 58.8 Å². The molecule has 0 unspecified atom stereocenters. The molecule has 2 nitrogen and oxygen atoms in total. The van der Waals surface area contributed by atoms with Crippen LogP contribution in [-0.2, 0) is 0 Å². The molecule has 2 aromatic carbocycles. The number of benzene rings is 2. The molecule has 0 aliphatic carbocycles. The van der Waals surface area contributed by atoms with Crippen molar-refractivity contribution in [3.05, 3.63) is 58.6 Å². The zero-order chi connectivity index (χ0) is 15.9. The second-order valence-electron chi connectivity index (χ2n) is 3.60. The first-order valence-corrected chi connectivity index (χ1v) is 6.31. The number of halogens is 6. The normalized spacial score (nSPS) is 11.1. The summed E-state index contributed by atoms with van der Waals surface area (Å²) in [4.78, 5) is 0. The van der Waals surface area contributed by atoms with Gasteiger partial charge in [-0.15, -0.1) is 5.11 Å². The van der Waals surface area contributed by atoms with Crippen molar-refractivity contribution >= 4 is 41.8 Å². The molecule has 0 saturated heterocycles. The number of hydrogen-bond acceptors (Lipinski definition) is 2. The first-order chi connectivity index (χ1) is 9.77. The zero-order valence-electron chi connectivity index (χ0n) is 10.4. The molecule has 0 bridgehead atoms. The molecule has 0 radical (unpaired) electrons. The minimum atomic E-state index is -6.00. The lowest BCUT2D eigenvalue weighted by Gasteiger charge is -1.98. The van der Waals surface area contributed by atoms with Crippen LogP contribution in [0.2, 0.25) is 10.0 Å². The topological polar surface area (TPSA) is 24.7 Å². The van der Waals surface area contributed by atoms with Crippen LogP contribution in [0.5, 0.6) is 0 Å². The van der Waals surface area contributed by atoms with E-state index in [-0.39, 0.29) is 0 Å². The standard InChI is InChI=1S/C12H8Cl2N2.BF4/c13-10-7-4-8-11(14)12(10)16-15-9-5-2-1-3-6-9;2-1(3,4)5/h1-8H;/q;-1/b16-15+;.